The van der Waals surface area contributed by atoms with Crippen LogP contribution in [0.5, 0.6) is 0 Å². The Morgan fingerprint density at radius 2 is 1.46 bits per heavy atom. The zero-order valence-corrected chi connectivity index (χ0v) is 15.8. The Hall–Kier alpha value is -1.73. The van der Waals surface area contributed by atoms with E-state index >= 15 is 0 Å². The SMILES string of the molecule is O=S(=O)(NCc1ccccc1)NC[C@H](c1ccccc1)N1CCCCC1. The summed E-state index contributed by atoms with van der Waals surface area (Å²) in [6.07, 6.45) is 3.59. The molecule has 2 aromatic rings. The first kappa shape index (κ1) is 19.0. The first-order valence-electron chi connectivity index (χ1n) is 9.21. The summed E-state index contributed by atoms with van der Waals surface area (Å²) >= 11 is 0. The quantitative estimate of drug-likeness (QED) is 0.748. The summed E-state index contributed by atoms with van der Waals surface area (Å²) in [5, 5.41) is 0. The van der Waals surface area contributed by atoms with E-state index in [1.807, 2.05) is 48.5 Å². The van der Waals surface area contributed by atoms with Crippen molar-refractivity contribution in [1.82, 2.24) is 14.3 Å². The number of likely N-dealkylation sites (tertiary alicyclic amines) is 1. The third-order valence-electron chi connectivity index (χ3n) is 4.79. The Labute approximate surface area is 156 Å². The second-order valence-corrected chi connectivity index (χ2v) is 8.27. The smallest absolute Gasteiger partial charge is 0.277 e. The van der Waals surface area contributed by atoms with E-state index in [9.17, 15) is 8.42 Å². The summed E-state index contributed by atoms with van der Waals surface area (Å²) in [6, 6.07) is 19.7. The van der Waals surface area contributed by atoms with Crippen LogP contribution < -0.4 is 9.44 Å². The molecule has 0 spiro atoms. The summed E-state index contributed by atoms with van der Waals surface area (Å²) in [4.78, 5) is 2.39. The second-order valence-electron chi connectivity index (χ2n) is 6.68. The normalized spacial score (nSPS) is 17.1. The van der Waals surface area contributed by atoms with Crippen molar-refractivity contribution < 1.29 is 8.42 Å². The fourth-order valence-electron chi connectivity index (χ4n) is 3.38. The van der Waals surface area contributed by atoms with Crippen molar-refractivity contribution >= 4 is 10.2 Å². The van der Waals surface area contributed by atoms with Gasteiger partial charge in [0.2, 0.25) is 0 Å². The highest BCUT2D eigenvalue weighted by Gasteiger charge is 2.23. The minimum absolute atomic E-state index is 0.0600. The van der Waals surface area contributed by atoms with E-state index in [0.717, 1.165) is 24.2 Å². The molecule has 0 bridgehead atoms. The molecule has 0 saturated carbocycles. The molecule has 26 heavy (non-hydrogen) atoms. The molecule has 0 unspecified atom stereocenters. The van der Waals surface area contributed by atoms with E-state index in [0.29, 0.717) is 6.54 Å². The minimum Gasteiger partial charge on any atom is -0.295 e. The van der Waals surface area contributed by atoms with E-state index in [-0.39, 0.29) is 12.6 Å². The predicted octanol–water partition coefficient (Wildman–Crippen LogP) is 2.84. The number of benzene rings is 2. The van der Waals surface area contributed by atoms with Crippen molar-refractivity contribution in [3.63, 3.8) is 0 Å². The van der Waals surface area contributed by atoms with Gasteiger partial charge in [0.1, 0.15) is 0 Å². The largest absolute Gasteiger partial charge is 0.295 e. The summed E-state index contributed by atoms with van der Waals surface area (Å²) in [5.41, 5.74) is 2.09. The van der Waals surface area contributed by atoms with Crippen molar-refractivity contribution in [1.29, 1.82) is 0 Å². The third-order valence-corrected chi connectivity index (χ3v) is 5.86. The molecular formula is C20H27N3O2S. The van der Waals surface area contributed by atoms with E-state index in [4.69, 9.17) is 0 Å². The molecular weight excluding hydrogens is 346 g/mol. The van der Waals surface area contributed by atoms with Crippen LogP contribution in [0, 0.1) is 0 Å². The van der Waals surface area contributed by atoms with Gasteiger partial charge in [0.05, 0.1) is 0 Å². The first-order valence-corrected chi connectivity index (χ1v) is 10.7. The first-order chi connectivity index (χ1) is 12.6. The van der Waals surface area contributed by atoms with Crippen LogP contribution in [0.4, 0.5) is 0 Å². The average Bonchev–Trinajstić information content (AvgIpc) is 2.69. The van der Waals surface area contributed by atoms with Crippen LogP contribution in [-0.4, -0.2) is 33.0 Å². The van der Waals surface area contributed by atoms with Gasteiger partial charge in [-0.05, 0) is 37.1 Å². The van der Waals surface area contributed by atoms with Gasteiger partial charge < -0.3 is 0 Å². The summed E-state index contributed by atoms with van der Waals surface area (Å²) in [7, 11) is -3.55. The zero-order valence-electron chi connectivity index (χ0n) is 15.0. The molecule has 1 aliphatic rings. The van der Waals surface area contributed by atoms with Crippen molar-refractivity contribution in [3.8, 4) is 0 Å². The molecule has 1 fully saturated rings. The van der Waals surface area contributed by atoms with Crippen LogP contribution in [0.25, 0.3) is 0 Å². The molecule has 1 atom stereocenters. The highest BCUT2D eigenvalue weighted by Crippen LogP contribution is 2.24. The van der Waals surface area contributed by atoms with Gasteiger partial charge in [0.25, 0.3) is 10.2 Å². The van der Waals surface area contributed by atoms with E-state index in [1.165, 1.54) is 19.3 Å². The van der Waals surface area contributed by atoms with Gasteiger partial charge in [-0.1, -0.05) is 67.1 Å². The molecule has 6 heteroatoms. The topological polar surface area (TPSA) is 61.4 Å². The lowest BCUT2D eigenvalue weighted by Gasteiger charge is -2.35. The second kappa shape index (κ2) is 9.28. The zero-order chi connectivity index (χ0) is 18.2. The number of hydrogen-bond donors (Lipinski definition) is 2. The van der Waals surface area contributed by atoms with Crippen molar-refractivity contribution in [2.75, 3.05) is 19.6 Å². The van der Waals surface area contributed by atoms with Gasteiger partial charge in [-0.25, -0.2) is 4.72 Å². The Morgan fingerprint density at radius 1 is 0.846 bits per heavy atom. The standard InChI is InChI=1S/C20H27N3O2S/c24-26(25,21-16-18-10-4-1-5-11-18)22-17-20(19-12-6-2-7-13-19)23-14-8-3-9-15-23/h1-2,4-7,10-13,20-22H,3,8-9,14-17H2/t20-/m1/s1. The molecule has 0 amide bonds. The summed E-state index contributed by atoms with van der Waals surface area (Å²) in [5.74, 6) is 0. The van der Waals surface area contributed by atoms with Crippen molar-refractivity contribution in [2.24, 2.45) is 0 Å². The maximum atomic E-state index is 12.4. The monoisotopic (exact) mass is 373 g/mol. The van der Waals surface area contributed by atoms with Crippen molar-refractivity contribution in [2.45, 2.75) is 31.8 Å². The molecule has 0 aliphatic carbocycles. The number of nitrogens with one attached hydrogen (secondary N) is 2. The maximum Gasteiger partial charge on any atom is 0.277 e. The van der Waals surface area contributed by atoms with E-state index in [1.54, 1.807) is 0 Å². The summed E-state index contributed by atoms with van der Waals surface area (Å²) in [6.45, 7) is 2.68. The lowest BCUT2D eigenvalue weighted by molar-refractivity contribution is 0.164. The number of rotatable bonds is 8. The molecule has 0 aromatic heterocycles. The Morgan fingerprint density at radius 3 is 2.12 bits per heavy atom. The molecule has 140 valence electrons. The van der Waals surface area contributed by atoms with Crippen LogP contribution in [0.2, 0.25) is 0 Å². The van der Waals surface area contributed by atoms with Gasteiger partial charge in [0, 0.05) is 19.1 Å². The predicted molar refractivity (Wildman–Crippen MR) is 105 cm³/mol. The Kier molecular flexibility index (Phi) is 6.80. The Bertz CT molecular complexity index is 760. The van der Waals surface area contributed by atoms with E-state index < -0.39 is 10.2 Å². The average molecular weight is 374 g/mol. The molecule has 2 N–H and O–H groups in total. The summed E-state index contributed by atoms with van der Waals surface area (Å²) < 4.78 is 30.1. The van der Waals surface area contributed by atoms with Gasteiger partial charge >= 0.3 is 0 Å². The minimum atomic E-state index is -3.55. The highest BCUT2D eigenvalue weighted by molar-refractivity contribution is 7.87. The third kappa shape index (κ3) is 5.64. The fraction of sp³-hybridized carbons (Fsp3) is 0.400. The van der Waals surface area contributed by atoms with Crippen LogP contribution in [0.3, 0.4) is 0 Å². The van der Waals surface area contributed by atoms with Crippen molar-refractivity contribution in [3.05, 3.63) is 71.8 Å². The molecule has 1 saturated heterocycles. The lowest BCUT2D eigenvalue weighted by atomic mass is 10.0. The van der Waals surface area contributed by atoms with Gasteiger partial charge in [0.15, 0.2) is 0 Å². The Balaban J connectivity index is 1.62. The van der Waals surface area contributed by atoms with Crippen LogP contribution in [0.1, 0.15) is 36.4 Å². The fourth-order valence-corrected chi connectivity index (χ4v) is 4.21. The van der Waals surface area contributed by atoms with E-state index in [2.05, 4.69) is 26.5 Å². The molecule has 1 aliphatic heterocycles. The molecule has 3 rings (SSSR count). The number of nitrogens with zero attached hydrogens (tertiary/aromatic N) is 1. The molecule has 0 radical (unpaired) electrons. The molecule has 2 aromatic carbocycles. The number of hydrogen-bond acceptors (Lipinski definition) is 3. The maximum absolute atomic E-state index is 12.4. The van der Waals surface area contributed by atoms with Gasteiger partial charge in [-0.3, -0.25) is 4.90 Å². The van der Waals surface area contributed by atoms with Crippen LogP contribution in [-0.2, 0) is 16.8 Å². The lowest BCUT2D eigenvalue weighted by Crippen LogP contribution is -2.43. The van der Waals surface area contributed by atoms with Crippen LogP contribution >= 0.6 is 0 Å². The molecule has 1 heterocycles. The molecule has 5 nitrogen and oxygen atoms in total. The number of piperidine rings is 1. The van der Waals surface area contributed by atoms with Gasteiger partial charge in [-0.15, -0.1) is 0 Å². The van der Waals surface area contributed by atoms with Gasteiger partial charge in [-0.2, -0.15) is 13.1 Å². The van der Waals surface area contributed by atoms with Crippen LogP contribution in [0.15, 0.2) is 60.7 Å². The highest BCUT2D eigenvalue weighted by atomic mass is 32.2.